The zero-order chi connectivity index (χ0) is 16.8. The number of hydrogen-bond acceptors (Lipinski definition) is 2. The summed E-state index contributed by atoms with van der Waals surface area (Å²) in [5, 5.41) is 4.44. The van der Waals surface area contributed by atoms with Crippen LogP contribution in [0.3, 0.4) is 0 Å². The SMILES string of the molecule is Cc1cccc(COc2ccc(Cl)cc2CNC2CCCCC2)c1. The van der Waals surface area contributed by atoms with Crippen molar-refractivity contribution in [1.82, 2.24) is 5.32 Å². The first kappa shape index (κ1) is 17.3. The molecule has 128 valence electrons. The van der Waals surface area contributed by atoms with Gasteiger partial charge in [0.25, 0.3) is 0 Å². The van der Waals surface area contributed by atoms with E-state index in [0.717, 1.165) is 22.9 Å². The topological polar surface area (TPSA) is 21.3 Å². The van der Waals surface area contributed by atoms with E-state index >= 15 is 0 Å². The first-order chi connectivity index (χ1) is 11.7. The van der Waals surface area contributed by atoms with Crippen LogP contribution >= 0.6 is 11.6 Å². The average Bonchev–Trinajstić information content (AvgIpc) is 2.60. The van der Waals surface area contributed by atoms with Gasteiger partial charge in [0.15, 0.2) is 0 Å². The molecule has 0 atom stereocenters. The monoisotopic (exact) mass is 343 g/mol. The molecule has 0 spiro atoms. The second-order valence-corrected chi connectivity index (χ2v) is 7.18. The van der Waals surface area contributed by atoms with Gasteiger partial charge in [-0.25, -0.2) is 0 Å². The summed E-state index contributed by atoms with van der Waals surface area (Å²) in [7, 11) is 0. The number of benzene rings is 2. The van der Waals surface area contributed by atoms with Crippen LogP contribution in [0.4, 0.5) is 0 Å². The Labute approximate surface area is 150 Å². The number of aryl methyl sites for hydroxylation is 1. The number of halogens is 1. The molecule has 24 heavy (non-hydrogen) atoms. The summed E-state index contributed by atoms with van der Waals surface area (Å²) in [6.45, 7) is 3.50. The molecular weight excluding hydrogens is 318 g/mol. The summed E-state index contributed by atoms with van der Waals surface area (Å²) in [6, 6.07) is 15.0. The summed E-state index contributed by atoms with van der Waals surface area (Å²) in [6.07, 6.45) is 6.61. The van der Waals surface area contributed by atoms with Gasteiger partial charge in [-0.1, -0.05) is 60.7 Å². The largest absolute Gasteiger partial charge is 0.489 e. The number of rotatable bonds is 6. The molecule has 0 bridgehead atoms. The van der Waals surface area contributed by atoms with Gasteiger partial charge in [-0.3, -0.25) is 0 Å². The van der Waals surface area contributed by atoms with Crippen LogP contribution in [0.1, 0.15) is 48.8 Å². The maximum Gasteiger partial charge on any atom is 0.124 e. The average molecular weight is 344 g/mol. The minimum Gasteiger partial charge on any atom is -0.489 e. The van der Waals surface area contributed by atoms with Gasteiger partial charge in [-0.2, -0.15) is 0 Å². The molecule has 1 saturated carbocycles. The molecule has 0 heterocycles. The first-order valence-corrected chi connectivity index (χ1v) is 9.28. The normalized spacial score (nSPS) is 15.4. The van der Waals surface area contributed by atoms with E-state index in [1.807, 2.05) is 18.2 Å². The van der Waals surface area contributed by atoms with Gasteiger partial charge in [0.2, 0.25) is 0 Å². The Balaban J connectivity index is 1.63. The van der Waals surface area contributed by atoms with E-state index in [2.05, 4.69) is 36.5 Å². The van der Waals surface area contributed by atoms with Gasteiger partial charge in [0.05, 0.1) is 0 Å². The van der Waals surface area contributed by atoms with Crippen molar-refractivity contribution in [2.24, 2.45) is 0 Å². The predicted molar refractivity (Wildman–Crippen MR) is 101 cm³/mol. The van der Waals surface area contributed by atoms with Crippen LogP contribution in [0.15, 0.2) is 42.5 Å². The molecule has 0 radical (unpaired) electrons. The molecule has 0 unspecified atom stereocenters. The van der Waals surface area contributed by atoms with Gasteiger partial charge in [0.1, 0.15) is 12.4 Å². The Bertz CT molecular complexity index is 665. The molecule has 1 fully saturated rings. The smallest absolute Gasteiger partial charge is 0.124 e. The van der Waals surface area contributed by atoms with Crippen LogP contribution in [0.5, 0.6) is 5.75 Å². The molecule has 1 N–H and O–H groups in total. The third-order valence-corrected chi connectivity index (χ3v) is 4.92. The number of nitrogens with one attached hydrogen (secondary N) is 1. The minimum absolute atomic E-state index is 0.583. The van der Waals surface area contributed by atoms with Crippen LogP contribution in [0.2, 0.25) is 5.02 Å². The summed E-state index contributed by atoms with van der Waals surface area (Å²) >= 11 is 6.19. The molecule has 2 nitrogen and oxygen atoms in total. The lowest BCUT2D eigenvalue weighted by molar-refractivity contribution is 0.299. The third-order valence-electron chi connectivity index (χ3n) is 4.69. The molecule has 0 amide bonds. The first-order valence-electron chi connectivity index (χ1n) is 8.91. The summed E-state index contributed by atoms with van der Waals surface area (Å²) in [4.78, 5) is 0. The summed E-state index contributed by atoms with van der Waals surface area (Å²) in [5.74, 6) is 0.921. The van der Waals surface area contributed by atoms with E-state index in [1.54, 1.807) is 0 Å². The number of hydrogen-bond donors (Lipinski definition) is 1. The summed E-state index contributed by atoms with van der Waals surface area (Å²) < 4.78 is 6.07. The Morgan fingerprint density at radius 2 is 1.92 bits per heavy atom. The van der Waals surface area contributed by atoms with Crippen LogP contribution in [-0.4, -0.2) is 6.04 Å². The molecule has 0 aromatic heterocycles. The highest BCUT2D eigenvalue weighted by molar-refractivity contribution is 6.30. The highest BCUT2D eigenvalue weighted by Gasteiger charge is 2.14. The van der Waals surface area contributed by atoms with Crippen molar-refractivity contribution in [2.75, 3.05) is 0 Å². The molecule has 2 aromatic carbocycles. The maximum atomic E-state index is 6.19. The van der Waals surface area contributed by atoms with Crippen LogP contribution in [-0.2, 0) is 13.2 Å². The van der Waals surface area contributed by atoms with Gasteiger partial charge < -0.3 is 10.1 Å². The van der Waals surface area contributed by atoms with Gasteiger partial charge in [-0.15, -0.1) is 0 Å². The Morgan fingerprint density at radius 3 is 2.71 bits per heavy atom. The van der Waals surface area contributed by atoms with E-state index in [-0.39, 0.29) is 0 Å². The molecule has 2 aromatic rings. The zero-order valence-electron chi connectivity index (χ0n) is 14.4. The van der Waals surface area contributed by atoms with Crippen molar-refractivity contribution in [3.8, 4) is 5.75 Å². The fourth-order valence-electron chi connectivity index (χ4n) is 3.35. The lowest BCUT2D eigenvalue weighted by Crippen LogP contribution is -2.30. The van der Waals surface area contributed by atoms with Crippen LogP contribution < -0.4 is 10.1 Å². The lowest BCUT2D eigenvalue weighted by atomic mass is 9.95. The standard InChI is InChI=1S/C21H26ClNO/c1-16-6-5-7-17(12-16)15-24-21-11-10-19(22)13-18(21)14-23-20-8-3-2-4-9-20/h5-7,10-13,20,23H,2-4,8-9,14-15H2,1H3. The predicted octanol–water partition coefficient (Wildman–Crippen LogP) is 5.65. The van der Waals surface area contributed by atoms with Crippen molar-refractivity contribution in [3.05, 3.63) is 64.2 Å². The zero-order valence-corrected chi connectivity index (χ0v) is 15.1. The van der Waals surface area contributed by atoms with E-state index in [1.165, 1.54) is 43.2 Å². The molecule has 3 rings (SSSR count). The minimum atomic E-state index is 0.583. The molecule has 0 aliphatic heterocycles. The Kier molecular flexibility index (Phi) is 6.17. The summed E-state index contributed by atoms with van der Waals surface area (Å²) in [5.41, 5.74) is 3.59. The molecule has 3 heteroatoms. The van der Waals surface area contributed by atoms with Gasteiger partial charge >= 0.3 is 0 Å². The Morgan fingerprint density at radius 1 is 1.08 bits per heavy atom. The fraction of sp³-hybridized carbons (Fsp3) is 0.429. The van der Waals surface area contributed by atoms with Gasteiger partial charge in [-0.05, 0) is 43.5 Å². The van der Waals surface area contributed by atoms with Crippen molar-refractivity contribution in [3.63, 3.8) is 0 Å². The fourth-order valence-corrected chi connectivity index (χ4v) is 3.55. The van der Waals surface area contributed by atoms with Crippen molar-refractivity contribution < 1.29 is 4.74 Å². The second kappa shape index (κ2) is 8.55. The maximum absolute atomic E-state index is 6.19. The van der Waals surface area contributed by atoms with E-state index in [4.69, 9.17) is 16.3 Å². The number of ether oxygens (including phenoxy) is 1. The van der Waals surface area contributed by atoms with Crippen molar-refractivity contribution in [2.45, 2.75) is 58.2 Å². The van der Waals surface area contributed by atoms with E-state index in [0.29, 0.717) is 12.6 Å². The highest BCUT2D eigenvalue weighted by Crippen LogP contribution is 2.25. The van der Waals surface area contributed by atoms with Crippen molar-refractivity contribution in [1.29, 1.82) is 0 Å². The van der Waals surface area contributed by atoms with Crippen LogP contribution in [0, 0.1) is 6.92 Å². The molecule has 1 aliphatic carbocycles. The van der Waals surface area contributed by atoms with Crippen LogP contribution in [0.25, 0.3) is 0 Å². The van der Waals surface area contributed by atoms with E-state index in [9.17, 15) is 0 Å². The van der Waals surface area contributed by atoms with Gasteiger partial charge in [0, 0.05) is 23.2 Å². The molecule has 0 saturated heterocycles. The third kappa shape index (κ3) is 4.99. The second-order valence-electron chi connectivity index (χ2n) is 6.75. The molecular formula is C21H26ClNO. The molecule has 1 aliphatic rings. The quantitative estimate of drug-likeness (QED) is 0.731. The van der Waals surface area contributed by atoms with Crippen molar-refractivity contribution >= 4 is 11.6 Å². The highest BCUT2D eigenvalue weighted by atomic mass is 35.5. The Hall–Kier alpha value is -1.51. The van der Waals surface area contributed by atoms with E-state index < -0.39 is 0 Å². The lowest BCUT2D eigenvalue weighted by Gasteiger charge is -2.23.